The van der Waals surface area contributed by atoms with Gasteiger partial charge in [0.1, 0.15) is 5.82 Å². The lowest BCUT2D eigenvalue weighted by Crippen LogP contribution is -2.45. The predicted molar refractivity (Wildman–Crippen MR) is 95.0 cm³/mol. The first-order valence-corrected chi connectivity index (χ1v) is 10.5. The minimum absolute atomic E-state index is 0.00374. The maximum absolute atomic E-state index is 14.3. The third kappa shape index (κ3) is 4.01. The van der Waals surface area contributed by atoms with Crippen LogP contribution in [0.4, 0.5) is 4.39 Å². The van der Waals surface area contributed by atoms with E-state index in [1.165, 1.54) is 12.1 Å². The number of hydrogen-bond acceptors (Lipinski definition) is 7. The van der Waals surface area contributed by atoms with Gasteiger partial charge in [0.25, 0.3) is 0 Å². The second-order valence-corrected chi connectivity index (χ2v) is 8.73. The Labute approximate surface area is 156 Å². The van der Waals surface area contributed by atoms with Crippen LogP contribution in [0.25, 0.3) is 11.4 Å². The summed E-state index contributed by atoms with van der Waals surface area (Å²) in [7, 11) is -3.52. The van der Waals surface area contributed by atoms with Crippen molar-refractivity contribution in [3.63, 3.8) is 0 Å². The Balaban J connectivity index is 1.81. The quantitative estimate of drug-likeness (QED) is 0.810. The summed E-state index contributed by atoms with van der Waals surface area (Å²) in [5.74, 6) is -1.41. The smallest absolute Gasteiger partial charge is 0.240 e. The van der Waals surface area contributed by atoms with Gasteiger partial charge in [-0.25, -0.2) is 12.8 Å². The van der Waals surface area contributed by atoms with Crippen molar-refractivity contribution in [3.8, 4) is 11.4 Å². The van der Waals surface area contributed by atoms with E-state index in [-0.39, 0.29) is 28.1 Å². The van der Waals surface area contributed by atoms with Gasteiger partial charge in [0.2, 0.25) is 17.6 Å². The lowest BCUT2D eigenvalue weighted by molar-refractivity contribution is -0.132. The van der Waals surface area contributed by atoms with Gasteiger partial charge in [-0.3, -0.25) is 4.79 Å². The highest BCUT2D eigenvalue weighted by Crippen LogP contribution is 2.26. The number of rotatable bonds is 5. The van der Waals surface area contributed by atoms with Crippen molar-refractivity contribution in [3.05, 3.63) is 29.9 Å². The summed E-state index contributed by atoms with van der Waals surface area (Å²) in [4.78, 5) is 18.1. The molecule has 2 atom stereocenters. The van der Waals surface area contributed by atoms with Crippen LogP contribution in [0.15, 0.2) is 27.6 Å². The zero-order valence-corrected chi connectivity index (χ0v) is 15.9. The van der Waals surface area contributed by atoms with E-state index in [9.17, 15) is 17.6 Å². The van der Waals surface area contributed by atoms with Crippen molar-refractivity contribution in [1.29, 1.82) is 0 Å². The molecule has 146 valence electrons. The molecule has 1 aliphatic rings. The molecule has 0 aliphatic carbocycles. The number of aromatic nitrogens is 2. The summed E-state index contributed by atoms with van der Waals surface area (Å²) in [6, 6.07) is 2.62. The van der Waals surface area contributed by atoms with Crippen LogP contribution in [0.1, 0.15) is 31.6 Å². The predicted octanol–water partition coefficient (Wildman–Crippen LogP) is 1.33. The number of sulfone groups is 1. The molecule has 10 heteroatoms. The molecule has 27 heavy (non-hydrogen) atoms. The van der Waals surface area contributed by atoms with E-state index >= 15 is 0 Å². The van der Waals surface area contributed by atoms with Gasteiger partial charge in [-0.1, -0.05) is 12.1 Å². The molecule has 0 radical (unpaired) electrons. The normalized spacial score (nSPS) is 17.1. The van der Waals surface area contributed by atoms with Gasteiger partial charge in [0.05, 0.1) is 22.4 Å². The molecule has 1 amide bonds. The molecule has 3 rings (SSSR count). The van der Waals surface area contributed by atoms with Crippen LogP contribution in [0.5, 0.6) is 0 Å². The molecule has 1 saturated heterocycles. The van der Waals surface area contributed by atoms with E-state index in [0.717, 1.165) is 25.2 Å². The lowest BCUT2D eigenvalue weighted by atomic mass is 10.0. The maximum Gasteiger partial charge on any atom is 0.240 e. The minimum Gasteiger partial charge on any atom is -0.341 e. The summed E-state index contributed by atoms with van der Waals surface area (Å²) in [6.07, 6.45) is 2.91. The van der Waals surface area contributed by atoms with E-state index < -0.39 is 27.6 Å². The molecule has 0 spiro atoms. The SMILES string of the molecule is C[C@H](c1nc(-c2ccc(S(C)(=O)=O)cc2F)no1)[C@H](N)C(=O)N1CCCC1. The maximum atomic E-state index is 14.3. The Morgan fingerprint density at radius 2 is 2.00 bits per heavy atom. The first-order valence-electron chi connectivity index (χ1n) is 8.56. The summed E-state index contributed by atoms with van der Waals surface area (Å²) in [6.45, 7) is 3.07. The van der Waals surface area contributed by atoms with Crippen LogP contribution in [-0.2, 0) is 14.6 Å². The Kier molecular flexibility index (Phi) is 5.29. The number of amides is 1. The third-order valence-corrected chi connectivity index (χ3v) is 5.79. The first-order chi connectivity index (χ1) is 12.7. The van der Waals surface area contributed by atoms with E-state index in [2.05, 4.69) is 10.1 Å². The second-order valence-electron chi connectivity index (χ2n) is 6.72. The standard InChI is InChI=1S/C17H21FN4O4S/c1-10(14(19)17(23)22-7-3-4-8-22)16-20-15(21-26-16)12-6-5-11(9-13(12)18)27(2,24)25/h5-6,9-10,14H,3-4,7-8,19H2,1-2H3/t10-,14-/m0/s1. The van der Waals surface area contributed by atoms with Crippen molar-refractivity contribution >= 4 is 15.7 Å². The molecular formula is C17H21FN4O4S. The van der Waals surface area contributed by atoms with E-state index in [0.29, 0.717) is 13.1 Å². The molecule has 2 aromatic rings. The Morgan fingerprint density at radius 1 is 1.33 bits per heavy atom. The monoisotopic (exact) mass is 396 g/mol. The van der Waals surface area contributed by atoms with E-state index in [1.54, 1.807) is 11.8 Å². The molecule has 1 aromatic heterocycles. The van der Waals surface area contributed by atoms with Crippen molar-refractivity contribution in [1.82, 2.24) is 15.0 Å². The summed E-state index contributed by atoms with van der Waals surface area (Å²) >= 11 is 0. The van der Waals surface area contributed by atoms with Gasteiger partial charge in [-0.15, -0.1) is 0 Å². The van der Waals surface area contributed by atoms with Gasteiger partial charge in [0.15, 0.2) is 9.84 Å². The Hall–Kier alpha value is -2.33. The fourth-order valence-electron chi connectivity index (χ4n) is 2.95. The number of likely N-dealkylation sites (tertiary alicyclic amines) is 1. The summed E-state index contributed by atoms with van der Waals surface area (Å²) in [5.41, 5.74) is 6.06. The van der Waals surface area contributed by atoms with Gasteiger partial charge >= 0.3 is 0 Å². The topological polar surface area (TPSA) is 119 Å². The number of carbonyl (C=O) groups is 1. The highest BCUT2D eigenvalue weighted by Gasteiger charge is 2.31. The van der Waals surface area contributed by atoms with Gasteiger partial charge in [-0.05, 0) is 31.0 Å². The van der Waals surface area contributed by atoms with Crippen LogP contribution in [0.2, 0.25) is 0 Å². The number of hydrogen-bond donors (Lipinski definition) is 1. The number of benzene rings is 1. The average Bonchev–Trinajstić information content (AvgIpc) is 3.30. The zero-order valence-electron chi connectivity index (χ0n) is 15.1. The number of nitrogens with zero attached hydrogens (tertiary/aromatic N) is 3. The van der Waals surface area contributed by atoms with Crippen LogP contribution >= 0.6 is 0 Å². The Bertz CT molecular complexity index is 954. The molecule has 8 nitrogen and oxygen atoms in total. The number of carbonyl (C=O) groups excluding carboxylic acids is 1. The first kappa shape index (κ1) is 19.4. The molecule has 2 heterocycles. The molecule has 2 N–H and O–H groups in total. The van der Waals surface area contributed by atoms with Crippen molar-refractivity contribution in [2.75, 3.05) is 19.3 Å². The fourth-order valence-corrected chi connectivity index (χ4v) is 3.59. The van der Waals surface area contributed by atoms with Crippen molar-refractivity contribution in [2.45, 2.75) is 36.6 Å². The zero-order chi connectivity index (χ0) is 19.8. The highest BCUT2D eigenvalue weighted by atomic mass is 32.2. The van der Waals surface area contributed by atoms with E-state index in [1.807, 2.05) is 0 Å². The summed E-state index contributed by atoms with van der Waals surface area (Å²) < 4.78 is 42.5. The van der Waals surface area contributed by atoms with Crippen LogP contribution in [-0.4, -0.2) is 54.8 Å². The fraction of sp³-hybridized carbons (Fsp3) is 0.471. The minimum atomic E-state index is -3.52. The molecular weight excluding hydrogens is 375 g/mol. The molecule has 1 aliphatic heterocycles. The lowest BCUT2D eigenvalue weighted by Gasteiger charge is -2.22. The van der Waals surface area contributed by atoms with Crippen LogP contribution < -0.4 is 5.73 Å². The van der Waals surface area contributed by atoms with Gasteiger partial charge < -0.3 is 15.2 Å². The largest absolute Gasteiger partial charge is 0.341 e. The van der Waals surface area contributed by atoms with Crippen molar-refractivity contribution in [2.24, 2.45) is 5.73 Å². The third-order valence-electron chi connectivity index (χ3n) is 4.68. The Morgan fingerprint density at radius 3 is 2.59 bits per heavy atom. The second kappa shape index (κ2) is 7.35. The average molecular weight is 396 g/mol. The molecule has 0 bridgehead atoms. The molecule has 1 fully saturated rings. The molecule has 0 unspecified atom stereocenters. The number of halogens is 1. The van der Waals surface area contributed by atoms with Crippen LogP contribution in [0.3, 0.4) is 0 Å². The van der Waals surface area contributed by atoms with E-state index in [4.69, 9.17) is 10.3 Å². The molecule has 1 aromatic carbocycles. The highest BCUT2D eigenvalue weighted by molar-refractivity contribution is 7.90. The van der Waals surface area contributed by atoms with Gasteiger partial charge in [-0.2, -0.15) is 4.98 Å². The van der Waals surface area contributed by atoms with Crippen molar-refractivity contribution < 1.29 is 22.1 Å². The van der Waals surface area contributed by atoms with Crippen LogP contribution in [0, 0.1) is 5.82 Å². The summed E-state index contributed by atoms with van der Waals surface area (Å²) in [5, 5.41) is 3.74. The number of nitrogens with two attached hydrogens (primary N) is 1. The van der Waals surface area contributed by atoms with Gasteiger partial charge in [0, 0.05) is 19.3 Å². The molecule has 0 saturated carbocycles.